The average molecular weight is 291 g/mol. The van der Waals surface area contributed by atoms with E-state index in [-0.39, 0.29) is 6.04 Å². The van der Waals surface area contributed by atoms with E-state index in [1.54, 1.807) is 18.4 Å². The van der Waals surface area contributed by atoms with Gasteiger partial charge in [0.05, 0.1) is 18.8 Å². The summed E-state index contributed by atoms with van der Waals surface area (Å²) in [5.74, 6) is 0.926. The highest BCUT2D eigenvalue weighted by molar-refractivity contribution is 7.09. The average Bonchev–Trinajstić information content (AvgIpc) is 2.85. The van der Waals surface area contributed by atoms with Gasteiger partial charge in [-0.05, 0) is 27.7 Å². The Kier molecular flexibility index (Phi) is 4.73. The lowest BCUT2D eigenvalue weighted by atomic mass is 10.1. The van der Waals surface area contributed by atoms with Crippen molar-refractivity contribution in [3.63, 3.8) is 0 Å². The van der Waals surface area contributed by atoms with Crippen molar-refractivity contribution in [3.8, 4) is 5.75 Å². The van der Waals surface area contributed by atoms with Gasteiger partial charge < -0.3 is 10.1 Å². The summed E-state index contributed by atoms with van der Waals surface area (Å²) in [5, 5.41) is 6.66. The number of hydrogen-bond acceptors (Lipinski definition) is 5. The molecule has 0 saturated carbocycles. The van der Waals surface area contributed by atoms with Gasteiger partial charge in [-0.2, -0.15) is 0 Å². The summed E-state index contributed by atoms with van der Waals surface area (Å²) in [6, 6.07) is 0.224. The van der Waals surface area contributed by atoms with Crippen LogP contribution in [-0.4, -0.2) is 17.1 Å². The molecule has 2 rings (SSSR count). The standard InChI is InChI=1S/C15H21N3OS/c1-9-6-17-13(11(3)14(9)19-5)7-16-12(4)15-18-10(2)8-20-15/h6,8,12,16H,7H2,1-5H3. The van der Waals surface area contributed by atoms with Crippen LogP contribution in [-0.2, 0) is 6.54 Å². The SMILES string of the molecule is COc1c(C)cnc(CNC(C)c2nc(C)cs2)c1C. The van der Waals surface area contributed by atoms with Crippen LogP contribution in [0.25, 0.3) is 0 Å². The van der Waals surface area contributed by atoms with Crippen molar-refractivity contribution < 1.29 is 4.74 Å². The van der Waals surface area contributed by atoms with Gasteiger partial charge in [-0.25, -0.2) is 4.98 Å². The molecule has 108 valence electrons. The van der Waals surface area contributed by atoms with Crippen LogP contribution in [0.5, 0.6) is 5.75 Å². The van der Waals surface area contributed by atoms with Gasteiger partial charge in [0.25, 0.3) is 0 Å². The third-order valence-corrected chi connectivity index (χ3v) is 4.48. The van der Waals surface area contributed by atoms with Crippen LogP contribution in [0.2, 0.25) is 0 Å². The second-order valence-electron chi connectivity index (χ2n) is 4.98. The number of rotatable bonds is 5. The number of aromatic nitrogens is 2. The molecule has 1 N–H and O–H groups in total. The lowest BCUT2D eigenvalue weighted by Gasteiger charge is -2.15. The lowest BCUT2D eigenvalue weighted by molar-refractivity contribution is 0.406. The van der Waals surface area contributed by atoms with Crippen molar-refractivity contribution >= 4 is 11.3 Å². The first-order chi connectivity index (χ1) is 9.52. The Hall–Kier alpha value is -1.46. The van der Waals surface area contributed by atoms with Gasteiger partial charge in [-0.15, -0.1) is 11.3 Å². The van der Waals surface area contributed by atoms with Gasteiger partial charge in [0.15, 0.2) is 0 Å². The summed E-state index contributed by atoms with van der Waals surface area (Å²) in [6.07, 6.45) is 1.86. The van der Waals surface area contributed by atoms with Gasteiger partial charge >= 0.3 is 0 Å². The van der Waals surface area contributed by atoms with Gasteiger partial charge in [0.1, 0.15) is 10.8 Å². The molecule has 0 aliphatic rings. The number of pyridine rings is 1. The highest BCUT2D eigenvalue weighted by atomic mass is 32.1. The molecule has 0 amide bonds. The van der Waals surface area contributed by atoms with Crippen LogP contribution in [0, 0.1) is 20.8 Å². The normalized spacial score (nSPS) is 12.4. The van der Waals surface area contributed by atoms with Crippen LogP contribution < -0.4 is 10.1 Å². The maximum atomic E-state index is 5.43. The molecule has 5 heteroatoms. The van der Waals surface area contributed by atoms with Crippen molar-refractivity contribution in [1.29, 1.82) is 0 Å². The molecular weight excluding hydrogens is 270 g/mol. The zero-order valence-corrected chi connectivity index (χ0v) is 13.5. The van der Waals surface area contributed by atoms with E-state index < -0.39 is 0 Å². The highest BCUT2D eigenvalue weighted by Crippen LogP contribution is 2.24. The van der Waals surface area contributed by atoms with Crippen LogP contribution in [0.15, 0.2) is 11.6 Å². The molecule has 2 heterocycles. The Bertz CT molecular complexity index is 595. The topological polar surface area (TPSA) is 47.0 Å². The van der Waals surface area contributed by atoms with E-state index in [2.05, 4.69) is 27.6 Å². The summed E-state index contributed by atoms with van der Waals surface area (Å²) in [7, 11) is 1.70. The number of nitrogens with zero attached hydrogens (tertiary/aromatic N) is 2. The second-order valence-corrected chi connectivity index (χ2v) is 5.87. The maximum absolute atomic E-state index is 5.43. The van der Waals surface area contributed by atoms with Crippen LogP contribution >= 0.6 is 11.3 Å². The molecule has 0 radical (unpaired) electrons. The summed E-state index contributed by atoms with van der Waals surface area (Å²) < 4.78 is 5.43. The van der Waals surface area contributed by atoms with Crippen molar-refractivity contribution in [2.24, 2.45) is 0 Å². The number of thiazole rings is 1. The minimum atomic E-state index is 0.224. The maximum Gasteiger partial charge on any atom is 0.128 e. The van der Waals surface area contributed by atoms with Gasteiger partial charge in [-0.3, -0.25) is 4.98 Å². The molecule has 0 saturated heterocycles. The number of aryl methyl sites for hydroxylation is 2. The Morgan fingerprint density at radius 1 is 1.35 bits per heavy atom. The van der Waals surface area contributed by atoms with E-state index in [1.165, 1.54) is 0 Å². The number of hydrogen-bond donors (Lipinski definition) is 1. The molecule has 2 aromatic rings. The molecule has 0 fully saturated rings. The number of ether oxygens (including phenoxy) is 1. The van der Waals surface area contributed by atoms with Gasteiger partial charge in [0, 0.05) is 34.9 Å². The fourth-order valence-electron chi connectivity index (χ4n) is 2.16. The summed E-state index contributed by atoms with van der Waals surface area (Å²) >= 11 is 1.69. The minimum Gasteiger partial charge on any atom is -0.496 e. The Morgan fingerprint density at radius 2 is 2.10 bits per heavy atom. The van der Waals surface area contributed by atoms with E-state index in [4.69, 9.17) is 4.74 Å². The highest BCUT2D eigenvalue weighted by Gasteiger charge is 2.12. The molecule has 4 nitrogen and oxygen atoms in total. The van der Waals surface area contributed by atoms with E-state index in [0.717, 1.165) is 33.3 Å². The smallest absolute Gasteiger partial charge is 0.128 e. The van der Waals surface area contributed by atoms with E-state index in [0.29, 0.717) is 6.54 Å². The lowest BCUT2D eigenvalue weighted by Crippen LogP contribution is -2.19. The molecule has 0 bridgehead atoms. The predicted octanol–water partition coefficient (Wildman–Crippen LogP) is 3.32. The fourth-order valence-corrected chi connectivity index (χ4v) is 2.99. The van der Waals surface area contributed by atoms with Crippen LogP contribution in [0.3, 0.4) is 0 Å². The zero-order chi connectivity index (χ0) is 14.7. The molecule has 0 aliphatic heterocycles. The molecule has 0 aromatic carbocycles. The van der Waals surface area contributed by atoms with Gasteiger partial charge in [-0.1, -0.05) is 0 Å². The first kappa shape index (κ1) is 14.9. The monoisotopic (exact) mass is 291 g/mol. The van der Waals surface area contributed by atoms with Crippen LogP contribution in [0.4, 0.5) is 0 Å². The van der Waals surface area contributed by atoms with E-state index in [1.807, 2.05) is 27.0 Å². The first-order valence-electron chi connectivity index (χ1n) is 6.67. The van der Waals surface area contributed by atoms with E-state index >= 15 is 0 Å². The van der Waals surface area contributed by atoms with Crippen molar-refractivity contribution in [2.75, 3.05) is 7.11 Å². The molecule has 0 spiro atoms. The summed E-state index contributed by atoms with van der Waals surface area (Å²) in [6.45, 7) is 8.91. The Labute approximate surface area is 124 Å². The second kappa shape index (κ2) is 6.33. The third kappa shape index (κ3) is 3.16. The molecule has 0 aliphatic carbocycles. The Balaban J connectivity index is 2.07. The van der Waals surface area contributed by atoms with Crippen molar-refractivity contribution in [3.05, 3.63) is 39.1 Å². The first-order valence-corrected chi connectivity index (χ1v) is 7.55. The van der Waals surface area contributed by atoms with E-state index in [9.17, 15) is 0 Å². The Morgan fingerprint density at radius 3 is 2.70 bits per heavy atom. The minimum absolute atomic E-state index is 0.224. The number of methoxy groups -OCH3 is 1. The van der Waals surface area contributed by atoms with Crippen molar-refractivity contribution in [2.45, 2.75) is 40.3 Å². The van der Waals surface area contributed by atoms with Crippen molar-refractivity contribution in [1.82, 2.24) is 15.3 Å². The molecule has 20 heavy (non-hydrogen) atoms. The van der Waals surface area contributed by atoms with Crippen LogP contribution in [0.1, 0.15) is 40.5 Å². The fraction of sp³-hybridized carbons (Fsp3) is 0.467. The zero-order valence-electron chi connectivity index (χ0n) is 12.7. The summed E-state index contributed by atoms with van der Waals surface area (Å²) in [4.78, 5) is 9.00. The molecular formula is C15H21N3OS. The van der Waals surface area contributed by atoms with Gasteiger partial charge in [0.2, 0.25) is 0 Å². The third-order valence-electron chi connectivity index (χ3n) is 3.33. The summed E-state index contributed by atoms with van der Waals surface area (Å²) in [5.41, 5.74) is 4.26. The quantitative estimate of drug-likeness (QED) is 0.918. The molecule has 1 atom stereocenters. The number of nitrogens with one attached hydrogen (secondary N) is 1. The molecule has 1 unspecified atom stereocenters. The molecule has 2 aromatic heterocycles. The largest absolute Gasteiger partial charge is 0.496 e. The predicted molar refractivity (Wildman–Crippen MR) is 82.4 cm³/mol.